The molecule has 2 aromatic rings. The third-order valence-electron chi connectivity index (χ3n) is 5.46. The molecule has 7 heteroatoms. The second-order valence-electron chi connectivity index (χ2n) is 7.25. The summed E-state index contributed by atoms with van der Waals surface area (Å²) in [5, 5.41) is 17.0. The molecule has 3 heterocycles. The summed E-state index contributed by atoms with van der Waals surface area (Å²) in [5.74, 6) is 1.84. The first-order chi connectivity index (χ1) is 12.0. The lowest BCUT2D eigenvalue weighted by atomic mass is 10.0. The molecule has 1 saturated heterocycles. The zero-order chi connectivity index (χ0) is 17.6. The van der Waals surface area contributed by atoms with Gasteiger partial charge in [0, 0.05) is 49.7 Å². The largest absolute Gasteiger partial charge is 0.465 e. The van der Waals surface area contributed by atoms with Gasteiger partial charge in [0.1, 0.15) is 5.82 Å². The predicted octanol–water partition coefficient (Wildman–Crippen LogP) is 2.59. The normalized spacial score (nSPS) is 25.2. The van der Waals surface area contributed by atoms with E-state index in [1.165, 1.54) is 0 Å². The number of amides is 1. The van der Waals surface area contributed by atoms with Gasteiger partial charge in [0.25, 0.3) is 0 Å². The molecule has 0 unspecified atom stereocenters. The summed E-state index contributed by atoms with van der Waals surface area (Å²) in [5.41, 5.74) is 3.17. The van der Waals surface area contributed by atoms with E-state index in [1.807, 2.05) is 37.1 Å². The van der Waals surface area contributed by atoms with Gasteiger partial charge >= 0.3 is 6.09 Å². The van der Waals surface area contributed by atoms with Crippen LogP contribution in [0.4, 0.5) is 10.6 Å². The number of aryl methyl sites for hydroxylation is 2. The molecule has 4 rings (SSSR count). The number of fused-ring (bicyclic) bond motifs is 1. The summed E-state index contributed by atoms with van der Waals surface area (Å²) >= 11 is 0. The van der Waals surface area contributed by atoms with Crippen LogP contribution in [0.3, 0.4) is 0 Å². The lowest BCUT2D eigenvalue weighted by Gasteiger charge is -2.18. The van der Waals surface area contributed by atoms with Crippen LogP contribution >= 0.6 is 0 Å². The topological polar surface area (TPSA) is 83.3 Å². The fourth-order valence-electron chi connectivity index (χ4n) is 4.30. The number of nitrogens with one attached hydrogen (secondary N) is 1. The Morgan fingerprint density at radius 3 is 2.52 bits per heavy atom. The monoisotopic (exact) mass is 341 g/mol. The van der Waals surface area contributed by atoms with Gasteiger partial charge in [-0.2, -0.15) is 5.10 Å². The molecule has 1 amide bonds. The van der Waals surface area contributed by atoms with Crippen LogP contribution in [-0.2, 0) is 7.05 Å². The van der Waals surface area contributed by atoms with Gasteiger partial charge in [0.15, 0.2) is 0 Å². The van der Waals surface area contributed by atoms with Crippen LogP contribution in [0.15, 0.2) is 24.5 Å². The number of rotatable bonds is 3. The van der Waals surface area contributed by atoms with E-state index in [0.29, 0.717) is 31.0 Å². The maximum absolute atomic E-state index is 11.1. The second kappa shape index (κ2) is 6.06. The summed E-state index contributed by atoms with van der Waals surface area (Å²) in [6, 6.07) is 4.46. The number of anilines is 1. The lowest BCUT2D eigenvalue weighted by Crippen LogP contribution is -2.29. The first-order valence-corrected chi connectivity index (χ1v) is 8.70. The van der Waals surface area contributed by atoms with E-state index in [2.05, 4.69) is 21.5 Å². The molecule has 0 radical (unpaired) electrons. The minimum Gasteiger partial charge on any atom is -0.465 e. The molecule has 1 aliphatic carbocycles. The third-order valence-corrected chi connectivity index (χ3v) is 5.46. The molecule has 2 N–H and O–H groups in total. The number of hydrogen-bond donors (Lipinski definition) is 2. The van der Waals surface area contributed by atoms with Crippen molar-refractivity contribution in [1.29, 1.82) is 0 Å². The van der Waals surface area contributed by atoms with Gasteiger partial charge in [-0.25, -0.2) is 9.78 Å². The lowest BCUT2D eigenvalue weighted by molar-refractivity contribution is 0.152. The average molecular weight is 341 g/mol. The molecule has 0 spiro atoms. The van der Waals surface area contributed by atoms with Crippen molar-refractivity contribution in [1.82, 2.24) is 19.7 Å². The molecule has 7 nitrogen and oxygen atoms in total. The standard InChI is InChI=1S/C18H23N5O2/c1-11-16(10-22(2)21-11)12-3-4-17(19-7-12)20-15-5-13-8-23(18(24)25)9-14(13)6-15/h3-4,7,10,13-15H,5-6,8-9H2,1-2H3,(H,19,20)(H,24,25)/t13-,14+,15+. The first kappa shape index (κ1) is 15.9. The highest BCUT2D eigenvalue weighted by molar-refractivity contribution is 5.66. The van der Waals surface area contributed by atoms with Crippen LogP contribution < -0.4 is 5.32 Å². The Hall–Kier alpha value is -2.57. The van der Waals surface area contributed by atoms with Crippen LogP contribution in [0.5, 0.6) is 0 Å². The maximum atomic E-state index is 11.1. The summed E-state index contributed by atoms with van der Waals surface area (Å²) in [4.78, 5) is 17.2. The van der Waals surface area contributed by atoms with Gasteiger partial charge in [-0.1, -0.05) is 0 Å². The van der Waals surface area contributed by atoms with Crippen LogP contribution in [0.1, 0.15) is 18.5 Å². The maximum Gasteiger partial charge on any atom is 0.407 e. The van der Waals surface area contributed by atoms with Crippen molar-refractivity contribution in [3.05, 3.63) is 30.2 Å². The van der Waals surface area contributed by atoms with Crippen molar-refractivity contribution >= 4 is 11.9 Å². The zero-order valence-corrected chi connectivity index (χ0v) is 14.5. The highest BCUT2D eigenvalue weighted by Crippen LogP contribution is 2.39. The van der Waals surface area contributed by atoms with Crippen molar-refractivity contribution in [2.45, 2.75) is 25.8 Å². The van der Waals surface area contributed by atoms with E-state index in [1.54, 1.807) is 4.90 Å². The molecule has 0 aromatic carbocycles. The van der Waals surface area contributed by atoms with Gasteiger partial charge in [0.2, 0.25) is 0 Å². The van der Waals surface area contributed by atoms with Crippen LogP contribution in [-0.4, -0.2) is 50.0 Å². The Bertz CT molecular complexity index is 771. The van der Waals surface area contributed by atoms with Crippen molar-refractivity contribution in [3.63, 3.8) is 0 Å². The summed E-state index contributed by atoms with van der Waals surface area (Å²) in [6.07, 6.45) is 5.13. The Kier molecular flexibility index (Phi) is 3.86. The van der Waals surface area contributed by atoms with Crippen molar-refractivity contribution < 1.29 is 9.90 Å². The molecule has 1 saturated carbocycles. The fraction of sp³-hybridized carbons (Fsp3) is 0.500. The molecule has 2 aromatic heterocycles. The number of aromatic nitrogens is 3. The molecule has 132 valence electrons. The van der Waals surface area contributed by atoms with Gasteiger partial charge in [-0.05, 0) is 43.7 Å². The van der Waals surface area contributed by atoms with Crippen molar-refractivity contribution in [3.8, 4) is 11.1 Å². The third kappa shape index (κ3) is 3.06. The Labute approximate surface area is 146 Å². The van der Waals surface area contributed by atoms with Crippen LogP contribution in [0.2, 0.25) is 0 Å². The molecular weight excluding hydrogens is 318 g/mol. The quantitative estimate of drug-likeness (QED) is 0.896. The molecule has 2 aliphatic rings. The highest BCUT2D eigenvalue weighted by atomic mass is 16.4. The molecule has 25 heavy (non-hydrogen) atoms. The fourth-order valence-corrected chi connectivity index (χ4v) is 4.30. The van der Waals surface area contributed by atoms with E-state index in [9.17, 15) is 4.79 Å². The van der Waals surface area contributed by atoms with Gasteiger partial charge in [-0.3, -0.25) is 4.68 Å². The molecule has 0 bridgehead atoms. The number of nitrogens with zero attached hydrogens (tertiary/aromatic N) is 4. The van der Waals surface area contributed by atoms with E-state index < -0.39 is 6.09 Å². The van der Waals surface area contributed by atoms with Crippen molar-refractivity contribution in [2.24, 2.45) is 18.9 Å². The molecular formula is C18H23N5O2. The van der Waals surface area contributed by atoms with E-state index in [-0.39, 0.29) is 0 Å². The van der Waals surface area contributed by atoms with E-state index >= 15 is 0 Å². The van der Waals surface area contributed by atoms with Gasteiger partial charge < -0.3 is 15.3 Å². The number of likely N-dealkylation sites (tertiary alicyclic amines) is 1. The number of hydrogen-bond acceptors (Lipinski definition) is 4. The highest BCUT2D eigenvalue weighted by Gasteiger charge is 2.42. The minimum atomic E-state index is -0.790. The number of carboxylic acid groups (broad SMARTS) is 1. The summed E-state index contributed by atoms with van der Waals surface area (Å²) in [7, 11) is 1.92. The second-order valence-corrected chi connectivity index (χ2v) is 7.25. The Morgan fingerprint density at radius 2 is 2.00 bits per heavy atom. The predicted molar refractivity (Wildman–Crippen MR) is 94.4 cm³/mol. The zero-order valence-electron chi connectivity index (χ0n) is 14.5. The van der Waals surface area contributed by atoms with Crippen LogP contribution in [0, 0.1) is 18.8 Å². The minimum absolute atomic E-state index is 0.379. The first-order valence-electron chi connectivity index (χ1n) is 8.70. The number of carbonyl (C=O) groups is 1. The summed E-state index contributed by atoms with van der Waals surface area (Å²) < 4.78 is 1.81. The smallest absolute Gasteiger partial charge is 0.407 e. The molecule has 3 atom stereocenters. The Morgan fingerprint density at radius 1 is 1.28 bits per heavy atom. The molecule has 1 aliphatic heterocycles. The van der Waals surface area contributed by atoms with E-state index in [0.717, 1.165) is 35.5 Å². The van der Waals surface area contributed by atoms with Crippen molar-refractivity contribution in [2.75, 3.05) is 18.4 Å². The van der Waals surface area contributed by atoms with E-state index in [4.69, 9.17) is 5.11 Å². The Balaban J connectivity index is 1.38. The summed E-state index contributed by atoms with van der Waals surface area (Å²) in [6.45, 7) is 3.34. The van der Waals surface area contributed by atoms with Gasteiger partial charge in [0.05, 0.1) is 5.69 Å². The SMILES string of the molecule is Cc1nn(C)cc1-c1ccc(N[C@H]2C[C@@H]3CN(C(=O)O)C[C@@H]3C2)nc1. The average Bonchev–Trinajstić information content (AvgIpc) is 3.21. The number of pyridine rings is 1. The van der Waals surface area contributed by atoms with Gasteiger partial charge in [-0.15, -0.1) is 0 Å². The molecule has 2 fully saturated rings. The van der Waals surface area contributed by atoms with Crippen LogP contribution in [0.25, 0.3) is 11.1 Å².